The van der Waals surface area contributed by atoms with Gasteiger partial charge in [-0.1, -0.05) is 53.0 Å². The van der Waals surface area contributed by atoms with Crippen LogP contribution in [-0.4, -0.2) is 0 Å². The van der Waals surface area contributed by atoms with Gasteiger partial charge in [0.25, 0.3) is 0 Å². The lowest BCUT2D eigenvalue weighted by atomic mass is 9.75. The summed E-state index contributed by atoms with van der Waals surface area (Å²) in [6, 6.07) is 7.27. The smallest absolute Gasteiger partial charge is 0.376 e. The van der Waals surface area contributed by atoms with Gasteiger partial charge < -0.3 is 5.32 Å². The van der Waals surface area contributed by atoms with Crippen LogP contribution in [0.5, 0.6) is 0 Å². The van der Waals surface area contributed by atoms with Crippen LogP contribution in [0.1, 0.15) is 35.1 Å². The highest BCUT2D eigenvalue weighted by atomic mass is 35.5. The Balaban J connectivity index is 1.89. The Hall–Kier alpha value is -1.36. The normalized spacial score (nSPS) is 24.2. The van der Waals surface area contributed by atoms with Crippen LogP contribution in [0.4, 0.5) is 18.9 Å². The Morgan fingerprint density at radius 1 is 1.00 bits per heavy atom. The van der Waals surface area contributed by atoms with Gasteiger partial charge in [0.15, 0.2) is 0 Å². The van der Waals surface area contributed by atoms with Crippen LogP contribution in [0, 0.1) is 5.92 Å². The highest BCUT2D eigenvalue weighted by molar-refractivity contribution is 6.35. The van der Waals surface area contributed by atoms with E-state index in [1.54, 1.807) is 12.1 Å². The summed E-state index contributed by atoms with van der Waals surface area (Å²) in [5.41, 5.74) is 0.691. The van der Waals surface area contributed by atoms with E-state index in [4.69, 9.17) is 34.8 Å². The Kier molecular flexibility index (Phi) is 4.41. The third kappa shape index (κ3) is 2.88. The van der Waals surface area contributed by atoms with Crippen molar-refractivity contribution in [2.45, 2.75) is 24.6 Å². The van der Waals surface area contributed by atoms with Crippen molar-refractivity contribution < 1.29 is 13.2 Å². The topological polar surface area (TPSA) is 12.0 Å². The zero-order valence-electron chi connectivity index (χ0n) is 13.2. The number of allylic oxidation sites excluding steroid dienone is 2. The van der Waals surface area contributed by atoms with E-state index in [-0.39, 0.29) is 28.5 Å². The van der Waals surface area contributed by atoms with Gasteiger partial charge in [-0.15, -0.1) is 0 Å². The molecule has 0 spiro atoms. The highest BCUT2D eigenvalue weighted by Crippen LogP contribution is 2.55. The van der Waals surface area contributed by atoms with Crippen LogP contribution in [0.2, 0.25) is 15.1 Å². The van der Waals surface area contributed by atoms with Gasteiger partial charge in [0.05, 0.1) is 22.3 Å². The lowest BCUT2D eigenvalue weighted by Crippen LogP contribution is -2.31. The van der Waals surface area contributed by atoms with Crippen LogP contribution >= 0.6 is 34.8 Å². The first-order chi connectivity index (χ1) is 12.3. The van der Waals surface area contributed by atoms with E-state index in [0.717, 1.165) is 11.6 Å². The number of hydrogen-bond acceptors (Lipinski definition) is 1. The maximum atomic E-state index is 13.6. The number of halogens is 6. The highest BCUT2D eigenvalue weighted by Gasteiger charge is 2.45. The van der Waals surface area contributed by atoms with Crippen LogP contribution in [0.3, 0.4) is 0 Å². The average molecular weight is 419 g/mol. The third-order valence-electron chi connectivity index (χ3n) is 5.07. The second kappa shape index (κ2) is 6.36. The minimum Gasteiger partial charge on any atom is -0.376 e. The van der Waals surface area contributed by atoms with Crippen LogP contribution in [0.25, 0.3) is 0 Å². The molecular formula is C19H13Cl3F3N. The molecule has 1 heterocycles. The van der Waals surface area contributed by atoms with E-state index in [0.29, 0.717) is 22.2 Å². The van der Waals surface area contributed by atoms with Gasteiger partial charge in [-0.05, 0) is 47.7 Å². The SMILES string of the molecule is FC(F)(F)c1ccc(Cl)c2c1[C@@H]1C=CC[C@H]1[C@@H](c1ccc(Cl)cc1Cl)N2. The predicted molar refractivity (Wildman–Crippen MR) is 99.3 cm³/mol. The monoisotopic (exact) mass is 417 g/mol. The van der Waals surface area contributed by atoms with Crippen molar-refractivity contribution in [1.82, 2.24) is 0 Å². The fraction of sp³-hybridized carbons (Fsp3) is 0.263. The Morgan fingerprint density at radius 2 is 1.77 bits per heavy atom. The molecule has 2 aliphatic rings. The number of benzene rings is 2. The summed E-state index contributed by atoms with van der Waals surface area (Å²) in [6.07, 6.45) is -0.0245. The van der Waals surface area contributed by atoms with Crippen LogP contribution in [-0.2, 0) is 6.18 Å². The molecule has 2 aromatic carbocycles. The third-order valence-corrected chi connectivity index (χ3v) is 5.95. The molecule has 0 saturated heterocycles. The molecule has 0 unspecified atom stereocenters. The second-order valence-corrected chi connectivity index (χ2v) is 7.77. The van der Waals surface area contributed by atoms with Gasteiger partial charge in [0, 0.05) is 16.0 Å². The van der Waals surface area contributed by atoms with Crippen molar-refractivity contribution in [3.05, 3.63) is 74.2 Å². The molecule has 1 aliphatic heterocycles. The molecule has 0 aromatic heterocycles. The average Bonchev–Trinajstić information content (AvgIpc) is 3.03. The molecule has 0 saturated carbocycles. The zero-order valence-corrected chi connectivity index (χ0v) is 15.5. The minimum absolute atomic E-state index is 0.0826. The summed E-state index contributed by atoms with van der Waals surface area (Å²) in [6.45, 7) is 0. The van der Waals surface area contributed by atoms with Gasteiger partial charge in [0.1, 0.15) is 0 Å². The molecule has 1 N–H and O–H groups in total. The molecule has 0 radical (unpaired) electrons. The van der Waals surface area contributed by atoms with E-state index in [1.807, 2.05) is 18.2 Å². The van der Waals surface area contributed by atoms with Crippen molar-refractivity contribution in [2.75, 3.05) is 5.32 Å². The Bertz CT molecular complexity index is 908. The van der Waals surface area contributed by atoms with Crippen molar-refractivity contribution in [2.24, 2.45) is 5.92 Å². The number of hydrogen-bond donors (Lipinski definition) is 1. The standard InChI is InChI=1S/C19H13Cl3F3N/c20-9-4-5-12(15(22)8-9)17-11-3-1-2-10(11)16-13(19(23,24)25)6-7-14(21)18(16)26-17/h1-2,4-8,10-11,17,26H,3H2/t10-,11-,17+/m1/s1. The summed E-state index contributed by atoms with van der Waals surface area (Å²) < 4.78 is 40.7. The van der Waals surface area contributed by atoms with E-state index >= 15 is 0 Å². The van der Waals surface area contributed by atoms with E-state index in [1.165, 1.54) is 6.07 Å². The zero-order chi connectivity index (χ0) is 18.6. The molecule has 0 fully saturated rings. The largest absolute Gasteiger partial charge is 0.416 e. The van der Waals surface area contributed by atoms with E-state index < -0.39 is 11.7 Å². The molecule has 0 bridgehead atoms. The Labute approximate surface area is 163 Å². The molecule has 136 valence electrons. The fourth-order valence-corrected chi connectivity index (χ4v) is 4.73. The van der Waals surface area contributed by atoms with Gasteiger partial charge in [-0.3, -0.25) is 0 Å². The van der Waals surface area contributed by atoms with Gasteiger partial charge in [-0.25, -0.2) is 0 Å². The lowest BCUT2D eigenvalue weighted by Gasteiger charge is -2.39. The van der Waals surface area contributed by atoms with Crippen molar-refractivity contribution in [1.29, 1.82) is 0 Å². The maximum absolute atomic E-state index is 13.6. The summed E-state index contributed by atoms with van der Waals surface area (Å²) in [5, 5.41) is 4.48. The minimum atomic E-state index is -4.44. The van der Waals surface area contributed by atoms with Gasteiger partial charge in [0.2, 0.25) is 0 Å². The molecule has 4 rings (SSSR count). The second-order valence-electron chi connectivity index (χ2n) is 6.52. The molecule has 7 heteroatoms. The summed E-state index contributed by atoms with van der Waals surface area (Å²) in [5.74, 6) is -0.459. The number of anilines is 1. The summed E-state index contributed by atoms with van der Waals surface area (Å²) in [7, 11) is 0. The van der Waals surface area contributed by atoms with Crippen molar-refractivity contribution in [3.8, 4) is 0 Å². The van der Waals surface area contributed by atoms with Crippen LogP contribution < -0.4 is 5.32 Å². The quantitative estimate of drug-likeness (QED) is 0.473. The predicted octanol–water partition coefficient (Wildman–Crippen LogP) is 7.49. The first-order valence-corrected chi connectivity index (χ1v) is 9.18. The lowest BCUT2D eigenvalue weighted by molar-refractivity contribution is -0.138. The molecular weight excluding hydrogens is 406 g/mol. The van der Waals surface area contributed by atoms with Crippen LogP contribution in [0.15, 0.2) is 42.5 Å². The number of fused-ring (bicyclic) bond motifs is 3. The maximum Gasteiger partial charge on any atom is 0.416 e. The first-order valence-electron chi connectivity index (χ1n) is 8.05. The summed E-state index contributed by atoms with van der Waals surface area (Å²) >= 11 is 18.6. The molecule has 1 aliphatic carbocycles. The van der Waals surface area contributed by atoms with E-state index in [9.17, 15) is 13.2 Å². The molecule has 26 heavy (non-hydrogen) atoms. The number of nitrogens with one attached hydrogen (secondary N) is 1. The molecule has 2 aromatic rings. The Morgan fingerprint density at radius 3 is 2.46 bits per heavy atom. The number of rotatable bonds is 1. The summed E-state index contributed by atoms with van der Waals surface area (Å²) in [4.78, 5) is 0. The molecule has 1 nitrogen and oxygen atoms in total. The first kappa shape index (κ1) is 18.0. The fourth-order valence-electron chi connectivity index (χ4n) is 3.98. The van der Waals surface area contributed by atoms with Gasteiger partial charge in [-0.2, -0.15) is 13.2 Å². The number of alkyl halides is 3. The van der Waals surface area contributed by atoms with Crippen molar-refractivity contribution >= 4 is 40.5 Å². The van der Waals surface area contributed by atoms with E-state index in [2.05, 4.69) is 5.32 Å². The molecule has 0 amide bonds. The molecule has 3 atom stereocenters. The van der Waals surface area contributed by atoms with Crippen molar-refractivity contribution in [3.63, 3.8) is 0 Å². The van der Waals surface area contributed by atoms with Gasteiger partial charge >= 0.3 is 6.18 Å².